The van der Waals surface area contributed by atoms with Gasteiger partial charge in [0, 0.05) is 31.0 Å². The van der Waals surface area contributed by atoms with Gasteiger partial charge in [0.2, 0.25) is 5.91 Å². The van der Waals surface area contributed by atoms with Gasteiger partial charge in [0.1, 0.15) is 6.04 Å². The lowest BCUT2D eigenvalue weighted by Gasteiger charge is -2.33. The van der Waals surface area contributed by atoms with E-state index >= 15 is 0 Å². The van der Waals surface area contributed by atoms with E-state index in [9.17, 15) is 9.59 Å². The van der Waals surface area contributed by atoms with Gasteiger partial charge in [0.25, 0.3) is 0 Å². The van der Waals surface area contributed by atoms with Crippen molar-refractivity contribution >= 4 is 23.6 Å². The maximum atomic E-state index is 11.7. The van der Waals surface area contributed by atoms with Crippen molar-refractivity contribution in [1.29, 1.82) is 0 Å². The van der Waals surface area contributed by atoms with Crippen molar-refractivity contribution in [2.24, 2.45) is 5.73 Å². The van der Waals surface area contributed by atoms with Gasteiger partial charge in [0.15, 0.2) is 0 Å². The third-order valence-corrected chi connectivity index (χ3v) is 3.39. The van der Waals surface area contributed by atoms with Crippen LogP contribution in [-0.2, 0) is 14.3 Å². The quantitative estimate of drug-likeness (QED) is 0.698. The first-order chi connectivity index (χ1) is 7.70. The summed E-state index contributed by atoms with van der Waals surface area (Å²) >= 11 is 1.67. The normalized spacial score (nSPS) is 20.6. The van der Waals surface area contributed by atoms with Crippen LogP contribution in [0.4, 0.5) is 0 Å². The fraction of sp³-hybridized carbons (Fsp3) is 0.800. The Morgan fingerprint density at radius 1 is 1.56 bits per heavy atom. The highest BCUT2D eigenvalue weighted by Crippen LogP contribution is 2.18. The Hall–Kier alpha value is -0.750. The minimum absolute atomic E-state index is 0.0548. The average Bonchev–Trinajstić information content (AvgIpc) is 2.30. The zero-order chi connectivity index (χ0) is 12.0. The fourth-order valence-corrected chi connectivity index (χ4v) is 2.63. The second-order valence-electron chi connectivity index (χ2n) is 3.47. The molecule has 0 aromatic rings. The monoisotopic (exact) mass is 246 g/mol. The third kappa shape index (κ3) is 3.38. The topological polar surface area (TPSA) is 72.6 Å². The second-order valence-corrected chi connectivity index (χ2v) is 4.62. The van der Waals surface area contributed by atoms with Crippen molar-refractivity contribution in [3.8, 4) is 0 Å². The van der Waals surface area contributed by atoms with Gasteiger partial charge < -0.3 is 15.4 Å². The van der Waals surface area contributed by atoms with Crippen LogP contribution in [0.15, 0.2) is 0 Å². The largest absolute Gasteiger partial charge is 0.464 e. The van der Waals surface area contributed by atoms with E-state index in [-0.39, 0.29) is 11.9 Å². The van der Waals surface area contributed by atoms with Gasteiger partial charge in [-0.25, -0.2) is 4.79 Å². The molecule has 0 aromatic carbocycles. The molecule has 0 spiro atoms. The van der Waals surface area contributed by atoms with Crippen LogP contribution in [0.25, 0.3) is 0 Å². The highest BCUT2D eigenvalue weighted by molar-refractivity contribution is 7.99. The highest BCUT2D eigenvalue weighted by atomic mass is 32.2. The van der Waals surface area contributed by atoms with Crippen molar-refractivity contribution < 1.29 is 14.3 Å². The van der Waals surface area contributed by atoms with Gasteiger partial charge in [-0.2, -0.15) is 11.8 Å². The Bertz CT molecular complexity index is 234. The number of hydrogen-bond donors (Lipinski definition) is 1. The van der Waals surface area contributed by atoms with Crippen LogP contribution in [-0.4, -0.2) is 54.0 Å². The Labute approximate surface area is 99.7 Å². The number of amides is 1. The molecule has 2 N–H and O–H groups in total. The Morgan fingerprint density at radius 2 is 2.31 bits per heavy atom. The van der Waals surface area contributed by atoms with Crippen LogP contribution in [0, 0.1) is 0 Å². The first kappa shape index (κ1) is 13.3. The molecule has 1 fully saturated rings. The molecule has 92 valence electrons. The predicted octanol–water partition coefficient (Wildman–Crippen LogP) is -0.158. The van der Waals surface area contributed by atoms with Gasteiger partial charge in [-0.1, -0.05) is 0 Å². The van der Waals surface area contributed by atoms with Gasteiger partial charge in [0.05, 0.1) is 6.61 Å². The number of nitrogens with zero attached hydrogens (tertiary/aromatic N) is 1. The summed E-state index contributed by atoms with van der Waals surface area (Å²) in [6.45, 7) is 3.03. The SMILES string of the molecule is CCOC(=O)C1CSCCN1C(=O)CCN. The summed E-state index contributed by atoms with van der Waals surface area (Å²) in [4.78, 5) is 25.0. The van der Waals surface area contributed by atoms with E-state index in [0.717, 1.165) is 5.75 Å². The smallest absolute Gasteiger partial charge is 0.329 e. The van der Waals surface area contributed by atoms with Crippen molar-refractivity contribution in [3.63, 3.8) is 0 Å². The van der Waals surface area contributed by atoms with Crippen molar-refractivity contribution in [3.05, 3.63) is 0 Å². The maximum absolute atomic E-state index is 11.7. The number of esters is 1. The number of hydrogen-bond acceptors (Lipinski definition) is 5. The van der Waals surface area contributed by atoms with Crippen LogP contribution < -0.4 is 5.73 Å². The molecule has 1 amide bonds. The summed E-state index contributed by atoms with van der Waals surface area (Å²) in [5.41, 5.74) is 5.35. The second kappa shape index (κ2) is 6.75. The van der Waals surface area contributed by atoms with E-state index in [2.05, 4.69) is 0 Å². The van der Waals surface area contributed by atoms with E-state index in [1.807, 2.05) is 0 Å². The van der Waals surface area contributed by atoms with Gasteiger partial charge in [-0.05, 0) is 6.92 Å². The molecule has 5 nitrogen and oxygen atoms in total. The van der Waals surface area contributed by atoms with Crippen LogP contribution in [0.1, 0.15) is 13.3 Å². The zero-order valence-corrected chi connectivity index (χ0v) is 10.3. The molecule has 1 aliphatic heterocycles. The van der Waals surface area contributed by atoms with E-state index < -0.39 is 6.04 Å². The molecule has 0 aliphatic carbocycles. The van der Waals surface area contributed by atoms with Gasteiger partial charge in [-0.15, -0.1) is 0 Å². The molecule has 0 radical (unpaired) electrons. The summed E-state index contributed by atoms with van der Waals surface area (Å²) in [5, 5.41) is 0. The number of ether oxygens (including phenoxy) is 1. The van der Waals surface area contributed by atoms with Crippen molar-refractivity contribution in [2.75, 3.05) is 31.2 Å². The Morgan fingerprint density at radius 3 is 2.94 bits per heavy atom. The zero-order valence-electron chi connectivity index (χ0n) is 9.48. The lowest BCUT2D eigenvalue weighted by Crippen LogP contribution is -2.51. The molecule has 1 unspecified atom stereocenters. The molecule has 1 rings (SSSR count). The minimum atomic E-state index is -0.433. The molecule has 1 heterocycles. The summed E-state index contributed by atoms with van der Waals surface area (Å²) in [7, 11) is 0. The van der Waals surface area contributed by atoms with Crippen molar-refractivity contribution in [2.45, 2.75) is 19.4 Å². The molecule has 16 heavy (non-hydrogen) atoms. The van der Waals surface area contributed by atoms with E-state index in [0.29, 0.717) is 31.9 Å². The van der Waals surface area contributed by atoms with Crippen LogP contribution >= 0.6 is 11.8 Å². The number of rotatable bonds is 4. The summed E-state index contributed by atoms with van der Waals surface area (Å²) in [6, 6.07) is -0.433. The van der Waals surface area contributed by atoms with E-state index in [4.69, 9.17) is 10.5 Å². The first-order valence-electron chi connectivity index (χ1n) is 5.44. The molecule has 1 atom stereocenters. The van der Waals surface area contributed by atoms with Crippen molar-refractivity contribution in [1.82, 2.24) is 4.90 Å². The molecule has 0 saturated carbocycles. The van der Waals surface area contributed by atoms with Gasteiger partial charge >= 0.3 is 5.97 Å². The molecule has 6 heteroatoms. The molecule has 0 bridgehead atoms. The number of thioether (sulfide) groups is 1. The standard InChI is InChI=1S/C10H18N2O3S/c1-2-15-10(14)8-7-16-6-5-12(8)9(13)3-4-11/h8H,2-7,11H2,1H3. The molecular formula is C10H18N2O3S. The molecule has 1 saturated heterocycles. The lowest BCUT2D eigenvalue weighted by molar-refractivity contribution is -0.153. The lowest BCUT2D eigenvalue weighted by atomic mass is 10.2. The molecule has 1 aliphatic rings. The van der Waals surface area contributed by atoms with Crippen LogP contribution in [0.2, 0.25) is 0 Å². The maximum Gasteiger partial charge on any atom is 0.329 e. The highest BCUT2D eigenvalue weighted by Gasteiger charge is 2.32. The fourth-order valence-electron chi connectivity index (χ4n) is 1.60. The first-order valence-corrected chi connectivity index (χ1v) is 6.60. The van der Waals surface area contributed by atoms with Gasteiger partial charge in [-0.3, -0.25) is 4.79 Å². The number of nitrogens with two attached hydrogens (primary N) is 1. The Balaban J connectivity index is 2.63. The van der Waals surface area contributed by atoms with E-state index in [1.54, 1.807) is 23.6 Å². The predicted molar refractivity (Wildman–Crippen MR) is 63.1 cm³/mol. The third-order valence-electron chi connectivity index (χ3n) is 2.37. The van der Waals surface area contributed by atoms with Crippen LogP contribution in [0.5, 0.6) is 0 Å². The number of carbonyl (C=O) groups is 2. The summed E-state index contributed by atoms with van der Waals surface area (Å²) in [5.74, 6) is 1.13. The molecular weight excluding hydrogens is 228 g/mol. The van der Waals surface area contributed by atoms with Crippen LogP contribution in [0.3, 0.4) is 0 Å². The van der Waals surface area contributed by atoms with E-state index in [1.165, 1.54) is 0 Å². The minimum Gasteiger partial charge on any atom is -0.464 e. The Kier molecular flexibility index (Phi) is 5.62. The average molecular weight is 246 g/mol. The molecule has 0 aromatic heterocycles. The number of carbonyl (C=O) groups excluding carboxylic acids is 2. The summed E-state index contributed by atoms with van der Waals surface area (Å²) < 4.78 is 4.96. The summed E-state index contributed by atoms with van der Waals surface area (Å²) in [6.07, 6.45) is 0.292.